The van der Waals surface area contributed by atoms with Gasteiger partial charge in [0.25, 0.3) is 0 Å². The predicted molar refractivity (Wildman–Crippen MR) is 107 cm³/mol. The summed E-state index contributed by atoms with van der Waals surface area (Å²) in [5.74, 6) is 0. The molecule has 2 aromatic rings. The molecule has 0 aliphatic carbocycles. The first-order valence-corrected chi connectivity index (χ1v) is 11.3. The van der Waals surface area contributed by atoms with E-state index >= 15 is 0 Å². The molecule has 129 valence electrons. The lowest BCUT2D eigenvalue weighted by atomic mass is 10.2. The molecule has 1 radical (unpaired) electrons. The number of ether oxygens (including phenoxy) is 1. The molecule has 0 aromatic heterocycles. The van der Waals surface area contributed by atoms with Crippen molar-refractivity contribution in [2.24, 2.45) is 0 Å². The van der Waals surface area contributed by atoms with Crippen LogP contribution in [0.3, 0.4) is 0 Å². The van der Waals surface area contributed by atoms with Gasteiger partial charge < -0.3 is 9.64 Å². The van der Waals surface area contributed by atoms with E-state index in [0.717, 1.165) is 13.0 Å². The zero-order chi connectivity index (χ0) is 17.6. The third kappa shape index (κ3) is 5.80. The number of nitrogens with zero attached hydrogens (tertiary/aromatic N) is 1. The smallest absolute Gasteiger partial charge is 0.0784 e. The highest BCUT2D eigenvalue weighted by Crippen LogP contribution is 2.26. The van der Waals surface area contributed by atoms with Crippen LogP contribution in [0.5, 0.6) is 0 Å². The molecule has 0 aliphatic heterocycles. The number of para-hydroxylation sites is 2. The van der Waals surface area contributed by atoms with Gasteiger partial charge in [-0.3, -0.25) is 0 Å². The summed E-state index contributed by atoms with van der Waals surface area (Å²) in [7, 11) is -0.513. The second-order valence-electron chi connectivity index (χ2n) is 7.41. The van der Waals surface area contributed by atoms with Crippen molar-refractivity contribution in [2.45, 2.75) is 51.6 Å². The Balaban J connectivity index is 2.17. The molecule has 0 spiro atoms. The van der Waals surface area contributed by atoms with Crippen LogP contribution in [-0.2, 0) is 4.74 Å². The van der Waals surface area contributed by atoms with Gasteiger partial charge in [0.05, 0.1) is 14.4 Å². The quantitative estimate of drug-likeness (QED) is 0.600. The monoisotopic (exact) mass is 340 g/mol. The van der Waals surface area contributed by atoms with E-state index < -0.39 is 8.80 Å². The standard InChI is InChI=1S/C21H30NOSi/c1-21(2,3)23-20(24(4)5)16-17-22(18-12-8-6-9-13-18)19-14-10-7-11-15-19/h6-15,20H,16-17H2,1-5H3. The highest BCUT2D eigenvalue weighted by atomic mass is 28.3. The van der Waals surface area contributed by atoms with Crippen LogP contribution in [0.25, 0.3) is 0 Å². The van der Waals surface area contributed by atoms with Crippen LogP contribution in [0.15, 0.2) is 60.7 Å². The molecule has 1 unspecified atom stereocenters. The maximum Gasteiger partial charge on any atom is 0.0784 e. The number of rotatable bonds is 7. The van der Waals surface area contributed by atoms with Crippen LogP contribution < -0.4 is 4.90 Å². The molecule has 0 bridgehead atoms. The zero-order valence-corrected chi connectivity index (χ0v) is 16.6. The third-order valence-corrected chi connectivity index (χ3v) is 5.58. The average molecular weight is 341 g/mol. The molecule has 3 heteroatoms. The number of anilines is 2. The maximum atomic E-state index is 6.34. The summed E-state index contributed by atoms with van der Waals surface area (Å²) in [5, 5.41) is 0. The van der Waals surface area contributed by atoms with Crippen LogP contribution in [0.4, 0.5) is 11.4 Å². The van der Waals surface area contributed by atoms with Crippen molar-refractivity contribution in [1.82, 2.24) is 0 Å². The van der Waals surface area contributed by atoms with Gasteiger partial charge in [-0.2, -0.15) is 0 Å². The van der Waals surface area contributed by atoms with Crippen molar-refractivity contribution in [3.63, 3.8) is 0 Å². The minimum atomic E-state index is -0.513. The maximum absolute atomic E-state index is 6.34. The molecule has 0 saturated carbocycles. The third-order valence-electron chi connectivity index (χ3n) is 3.89. The van der Waals surface area contributed by atoms with Crippen LogP contribution in [0.2, 0.25) is 13.1 Å². The molecule has 0 fully saturated rings. The molecule has 0 saturated heterocycles. The molecule has 0 amide bonds. The fraction of sp³-hybridized carbons (Fsp3) is 0.429. The van der Waals surface area contributed by atoms with E-state index in [9.17, 15) is 0 Å². The highest BCUT2D eigenvalue weighted by Gasteiger charge is 2.23. The van der Waals surface area contributed by atoms with Gasteiger partial charge in [-0.25, -0.2) is 0 Å². The summed E-state index contributed by atoms with van der Waals surface area (Å²) in [5.41, 5.74) is 2.74. The summed E-state index contributed by atoms with van der Waals surface area (Å²) in [4.78, 5) is 2.39. The molecule has 2 rings (SSSR count). The molecule has 0 heterocycles. The highest BCUT2D eigenvalue weighted by molar-refractivity contribution is 6.57. The molecule has 0 N–H and O–H groups in total. The van der Waals surface area contributed by atoms with E-state index in [4.69, 9.17) is 4.74 Å². The van der Waals surface area contributed by atoms with E-state index in [-0.39, 0.29) is 5.60 Å². The number of hydrogen-bond donors (Lipinski definition) is 0. The summed E-state index contributed by atoms with van der Waals surface area (Å²) < 4.78 is 6.34. The van der Waals surface area contributed by atoms with Crippen LogP contribution in [-0.4, -0.2) is 26.7 Å². The molecule has 1 atom stereocenters. The first-order valence-electron chi connectivity index (χ1n) is 8.72. The van der Waals surface area contributed by atoms with E-state index in [0.29, 0.717) is 5.73 Å². The Hall–Kier alpha value is -1.58. The van der Waals surface area contributed by atoms with Gasteiger partial charge in [-0.15, -0.1) is 0 Å². The van der Waals surface area contributed by atoms with Crippen LogP contribution >= 0.6 is 0 Å². The van der Waals surface area contributed by atoms with Crippen molar-refractivity contribution in [1.29, 1.82) is 0 Å². The van der Waals surface area contributed by atoms with Crippen molar-refractivity contribution in [3.8, 4) is 0 Å². The Kier molecular flexibility index (Phi) is 6.64. The summed E-state index contributed by atoms with van der Waals surface area (Å²) in [6.45, 7) is 12.1. The van der Waals surface area contributed by atoms with Gasteiger partial charge in [0, 0.05) is 23.6 Å². The van der Waals surface area contributed by atoms with Gasteiger partial charge in [-0.1, -0.05) is 49.5 Å². The largest absolute Gasteiger partial charge is 0.376 e. The topological polar surface area (TPSA) is 12.5 Å². The van der Waals surface area contributed by atoms with Crippen molar-refractivity contribution >= 4 is 20.2 Å². The lowest BCUT2D eigenvalue weighted by molar-refractivity contribution is -0.0278. The number of hydrogen-bond acceptors (Lipinski definition) is 2. The Morgan fingerprint density at radius 3 is 1.71 bits per heavy atom. The molecule has 24 heavy (non-hydrogen) atoms. The lowest BCUT2D eigenvalue weighted by Crippen LogP contribution is -2.38. The van der Waals surface area contributed by atoms with Crippen molar-refractivity contribution < 1.29 is 4.74 Å². The minimum Gasteiger partial charge on any atom is -0.376 e. The van der Waals surface area contributed by atoms with Gasteiger partial charge in [-0.05, 0) is 51.5 Å². The van der Waals surface area contributed by atoms with Gasteiger partial charge in [0.2, 0.25) is 0 Å². The van der Waals surface area contributed by atoms with Crippen LogP contribution in [0, 0.1) is 0 Å². The molecular weight excluding hydrogens is 310 g/mol. The Morgan fingerprint density at radius 2 is 1.33 bits per heavy atom. The van der Waals surface area contributed by atoms with E-state index in [1.165, 1.54) is 11.4 Å². The molecule has 0 aliphatic rings. The summed E-state index contributed by atoms with van der Waals surface area (Å²) >= 11 is 0. The fourth-order valence-electron chi connectivity index (χ4n) is 2.76. The molecular formula is C21H30NOSi. The van der Waals surface area contributed by atoms with E-state index in [1.54, 1.807) is 0 Å². The predicted octanol–water partition coefficient (Wildman–Crippen LogP) is 5.69. The van der Waals surface area contributed by atoms with Gasteiger partial charge in [0.1, 0.15) is 0 Å². The Bertz CT molecular complexity index is 553. The van der Waals surface area contributed by atoms with Crippen molar-refractivity contribution in [2.75, 3.05) is 11.4 Å². The Labute approximate surface area is 149 Å². The molecule has 2 aromatic carbocycles. The second kappa shape index (κ2) is 8.50. The van der Waals surface area contributed by atoms with Crippen LogP contribution in [0.1, 0.15) is 27.2 Å². The van der Waals surface area contributed by atoms with E-state index in [2.05, 4.69) is 99.4 Å². The normalized spacial score (nSPS) is 13.1. The summed E-state index contributed by atoms with van der Waals surface area (Å²) in [6, 6.07) is 21.2. The number of benzene rings is 2. The SMILES string of the molecule is C[Si](C)C(CCN(c1ccccc1)c1ccccc1)OC(C)(C)C. The van der Waals surface area contributed by atoms with Gasteiger partial charge >= 0.3 is 0 Å². The fourth-order valence-corrected chi connectivity index (χ4v) is 4.06. The zero-order valence-electron chi connectivity index (χ0n) is 15.6. The lowest BCUT2D eigenvalue weighted by Gasteiger charge is -2.32. The average Bonchev–Trinajstić information content (AvgIpc) is 2.55. The minimum absolute atomic E-state index is 0.0864. The molecule has 2 nitrogen and oxygen atoms in total. The Morgan fingerprint density at radius 1 is 0.875 bits per heavy atom. The van der Waals surface area contributed by atoms with Crippen molar-refractivity contribution in [3.05, 3.63) is 60.7 Å². The first-order chi connectivity index (χ1) is 11.4. The second-order valence-corrected chi connectivity index (χ2v) is 10.2. The summed E-state index contributed by atoms with van der Waals surface area (Å²) in [6.07, 6.45) is 1.04. The van der Waals surface area contributed by atoms with E-state index in [1.807, 2.05) is 0 Å². The van der Waals surface area contributed by atoms with Gasteiger partial charge in [0.15, 0.2) is 0 Å². The first kappa shape index (κ1) is 18.8.